The summed E-state index contributed by atoms with van der Waals surface area (Å²) in [7, 11) is 1.62. The number of methoxy groups -OCH3 is 1. The quantitative estimate of drug-likeness (QED) is 0.772. The normalized spacial score (nSPS) is 19.0. The van der Waals surface area contributed by atoms with Gasteiger partial charge in [0.2, 0.25) is 11.8 Å². The average Bonchev–Trinajstić information content (AvgIpc) is 2.95. The molecule has 0 bridgehead atoms. The molecule has 1 aliphatic rings. The molecule has 1 saturated heterocycles. The summed E-state index contributed by atoms with van der Waals surface area (Å²) in [6, 6.07) is 9.95. The monoisotopic (exact) mass is 318 g/mol. The number of likely N-dealkylation sites (tertiary alicyclic amines) is 1. The summed E-state index contributed by atoms with van der Waals surface area (Å²) in [5.41, 5.74) is 1.11. The van der Waals surface area contributed by atoms with Crippen molar-refractivity contribution in [1.29, 1.82) is 0 Å². The smallest absolute Gasteiger partial charge is 0.228 e. The van der Waals surface area contributed by atoms with Crippen molar-refractivity contribution in [2.24, 2.45) is 5.92 Å². The van der Waals surface area contributed by atoms with Crippen molar-refractivity contribution < 1.29 is 14.3 Å². The van der Waals surface area contributed by atoms with Gasteiger partial charge < -0.3 is 14.5 Å². The van der Waals surface area contributed by atoms with E-state index in [0.717, 1.165) is 5.56 Å². The van der Waals surface area contributed by atoms with Gasteiger partial charge in [0.15, 0.2) is 0 Å². The standard InChI is InChI=1S/C18H26N2O3/c1-4-19(11-15-8-6-5-7-9-15)18(22)16-10-17(21)20(12-16)14(2)13-23-3/h5-9,14,16H,4,10-13H2,1-3H3/t14-,16+/m0/s1. The van der Waals surface area contributed by atoms with E-state index in [0.29, 0.717) is 32.7 Å². The lowest BCUT2D eigenvalue weighted by molar-refractivity contribution is -0.136. The van der Waals surface area contributed by atoms with E-state index >= 15 is 0 Å². The zero-order valence-electron chi connectivity index (χ0n) is 14.2. The molecule has 1 aromatic carbocycles. The minimum atomic E-state index is -0.245. The SMILES string of the molecule is CCN(Cc1ccccc1)C(=O)[C@@H]1CC(=O)N([C@@H](C)COC)C1. The Bertz CT molecular complexity index is 532. The largest absolute Gasteiger partial charge is 0.383 e. The van der Waals surface area contributed by atoms with Gasteiger partial charge in [-0.2, -0.15) is 0 Å². The van der Waals surface area contributed by atoms with Crippen molar-refractivity contribution in [2.45, 2.75) is 32.9 Å². The first-order valence-electron chi connectivity index (χ1n) is 8.17. The number of rotatable bonds is 7. The van der Waals surface area contributed by atoms with Crippen LogP contribution < -0.4 is 0 Å². The molecule has 1 heterocycles. The lowest BCUT2D eigenvalue weighted by atomic mass is 10.1. The maximum atomic E-state index is 12.8. The molecule has 0 radical (unpaired) electrons. The van der Waals surface area contributed by atoms with Gasteiger partial charge in [-0.15, -0.1) is 0 Å². The van der Waals surface area contributed by atoms with Crippen molar-refractivity contribution in [1.82, 2.24) is 9.80 Å². The first-order chi connectivity index (χ1) is 11.1. The first kappa shape index (κ1) is 17.5. The Hall–Kier alpha value is -1.88. The van der Waals surface area contributed by atoms with Crippen LogP contribution in [0.15, 0.2) is 30.3 Å². The second-order valence-electron chi connectivity index (χ2n) is 6.09. The average molecular weight is 318 g/mol. The molecule has 0 saturated carbocycles. The van der Waals surface area contributed by atoms with Crippen LogP contribution in [-0.4, -0.2) is 54.5 Å². The van der Waals surface area contributed by atoms with Crippen molar-refractivity contribution in [3.8, 4) is 0 Å². The van der Waals surface area contributed by atoms with E-state index in [4.69, 9.17) is 4.74 Å². The van der Waals surface area contributed by atoms with Crippen LogP contribution in [0.1, 0.15) is 25.8 Å². The van der Waals surface area contributed by atoms with Gasteiger partial charge >= 0.3 is 0 Å². The lowest BCUT2D eigenvalue weighted by Gasteiger charge is -2.26. The summed E-state index contributed by atoms with van der Waals surface area (Å²) >= 11 is 0. The molecule has 5 heteroatoms. The van der Waals surface area contributed by atoms with Gasteiger partial charge in [-0.05, 0) is 19.4 Å². The Morgan fingerprint density at radius 3 is 2.70 bits per heavy atom. The number of amides is 2. The lowest BCUT2D eigenvalue weighted by Crippen LogP contribution is -2.40. The Morgan fingerprint density at radius 2 is 2.09 bits per heavy atom. The van der Waals surface area contributed by atoms with Crippen LogP contribution in [0.2, 0.25) is 0 Å². The summed E-state index contributed by atoms with van der Waals surface area (Å²) in [5, 5.41) is 0. The van der Waals surface area contributed by atoms with Crippen molar-refractivity contribution >= 4 is 11.8 Å². The van der Waals surface area contributed by atoms with E-state index in [1.807, 2.05) is 49.1 Å². The second-order valence-corrected chi connectivity index (χ2v) is 6.09. The van der Waals surface area contributed by atoms with E-state index in [1.165, 1.54) is 0 Å². The fourth-order valence-corrected chi connectivity index (χ4v) is 3.06. The van der Waals surface area contributed by atoms with E-state index in [-0.39, 0.29) is 23.8 Å². The number of benzene rings is 1. The number of hydrogen-bond acceptors (Lipinski definition) is 3. The molecule has 126 valence electrons. The molecule has 2 rings (SSSR count). The Labute approximate surface area is 138 Å². The summed E-state index contributed by atoms with van der Waals surface area (Å²) in [6.45, 7) is 6.15. The Kier molecular flexibility index (Phi) is 6.16. The molecule has 0 aromatic heterocycles. The van der Waals surface area contributed by atoms with Crippen molar-refractivity contribution in [2.75, 3.05) is 26.8 Å². The number of nitrogens with zero attached hydrogens (tertiary/aromatic N) is 2. The fourth-order valence-electron chi connectivity index (χ4n) is 3.06. The second kappa shape index (κ2) is 8.11. The predicted molar refractivity (Wildman–Crippen MR) is 88.7 cm³/mol. The van der Waals surface area contributed by atoms with Gasteiger partial charge in [0.1, 0.15) is 0 Å². The summed E-state index contributed by atoms with van der Waals surface area (Å²) < 4.78 is 5.12. The maximum absolute atomic E-state index is 12.8. The van der Waals surface area contributed by atoms with Gasteiger partial charge in [0.05, 0.1) is 18.6 Å². The van der Waals surface area contributed by atoms with Crippen LogP contribution in [0.25, 0.3) is 0 Å². The number of hydrogen-bond donors (Lipinski definition) is 0. The first-order valence-corrected chi connectivity index (χ1v) is 8.17. The molecule has 23 heavy (non-hydrogen) atoms. The molecule has 2 amide bonds. The van der Waals surface area contributed by atoms with Crippen LogP contribution in [0.3, 0.4) is 0 Å². The zero-order chi connectivity index (χ0) is 16.8. The molecule has 0 N–H and O–H groups in total. The molecular formula is C18H26N2O3. The third-order valence-electron chi connectivity index (χ3n) is 4.36. The predicted octanol–water partition coefficient (Wildman–Crippen LogP) is 1.92. The molecule has 5 nitrogen and oxygen atoms in total. The molecule has 1 aromatic rings. The van der Waals surface area contributed by atoms with Crippen LogP contribution >= 0.6 is 0 Å². The summed E-state index contributed by atoms with van der Waals surface area (Å²) in [4.78, 5) is 28.5. The van der Waals surface area contributed by atoms with Crippen LogP contribution in [0.5, 0.6) is 0 Å². The van der Waals surface area contributed by atoms with Crippen molar-refractivity contribution in [3.05, 3.63) is 35.9 Å². The highest BCUT2D eigenvalue weighted by Gasteiger charge is 2.38. The molecule has 0 aliphatic carbocycles. The Morgan fingerprint density at radius 1 is 1.39 bits per heavy atom. The molecule has 2 atom stereocenters. The van der Waals surface area contributed by atoms with E-state index in [2.05, 4.69) is 0 Å². The minimum Gasteiger partial charge on any atom is -0.383 e. The van der Waals surface area contributed by atoms with Gasteiger partial charge in [0.25, 0.3) is 0 Å². The fraction of sp³-hybridized carbons (Fsp3) is 0.556. The van der Waals surface area contributed by atoms with E-state index in [1.54, 1.807) is 12.0 Å². The minimum absolute atomic E-state index is 0.00880. The summed E-state index contributed by atoms with van der Waals surface area (Å²) in [5.74, 6) is -0.133. The highest BCUT2D eigenvalue weighted by molar-refractivity contribution is 5.89. The third kappa shape index (κ3) is 4.32. The summed E-state index contributed by atoms with van der Waals surface area (Å²) in [6.07, 6.45) is 0.304. The molecular weight excluding hydrogens is 292 g/mol. The molecule has 0 unspecified atom stereocenters. The van der Waals surface area contributed by atoms with Gasteiger partial charge in [0, 0.05) is 33.2 Å². The molecule has 1 fully saturated rings. The van der Waals surface area contributed by atoms with Gasteiger partial charge in [-0.25, -0.2) is 0 Å². The van der Waals surface area contributed by atoms with Crippen LogP contribution in [0, 0.1) is 5.92 Å². The highest BCUT2D eigenvalue weighted by Crippen LogP contribution is 2.23. The van der Waals surface area contributed by atoms with Gasteiger partial charge in [-0.3, -0.25) is 9.59 Å². The van der Waals surface area contributed by atoms with Crippen LogP contribution in [0.4, 0.5) is 0 Å². The topological polar surface area (TPSA) is 49.9 Å². The molecule has 1 aliphatic heterocycles. The number of carbonyl (C=O) groups is 2. The Balaban J connectivity index is 2.00. The van der Waals surface area contributed by atoms with E-state index in [9.17, 15) is 9.59 Å². The number of ether oxygens (including phenoxy) is 1. The van der Waals surface area contributed by atoms with Gasteiger partial charge in [-0.1, -0.05) is 30.3 Å². The molecule has 0 spiro atoms. The third-order valence-corrected chi connectivity index (χ3v) is 4.36. The zero-order valence-corrected chi connectivity index (χ0v) is 14.2. The number of carbonyl (C=O) groups excluding carboxylic acids is 2. The van der Waals surface area contributed by atoms with E-state index < -0.39 is 0 Å². The highest BCUT2D eigenvalue weighted by atomic mass is 16.5. The van der Waals surface area contributed by atoms with Crippen LogP contribution in [-0.2, 0) is 20.9 Å². The maximum Gasteiger partial charge on any atom is 0.228 e. The van der Waals surface area contributed by atoms with Crippen molar-refractivity contribution in [3.63, 3.8) is 0 Å².